The molecule has 3 aliphatic rings. The van der Waals surface area contributed by atoms with Gasteiger partial charge in [0.05, 0.1) is 5.71 Å². The van der Waals surface area contributed by atoms with Crippen LogP contribution in [0.3, 0.4) is 0 Å². The molecule has 174 valence electrons. The highest BCUT2D eigenvalue weighted by Gasteiger charge is 2.41. The Labute approximate surface area is 193 Å². The Morgan fingerprint density at radius 1 is 1.22 bits per heavy atom. The van der Waals surface area contributed by atoms with Gasteiger partial charge in [-0.2, -0.15) is 0 Å². The van der Waals surface area contributed by atoms with Crippen molar-refractivity contribution in [3.63, 3.8) is 0 Å². The molecule has 1 saturated carbocycles. The molecule has 0 spiro atoms. The molecule has 4 N–H and O–H groups in total. The van der Waals surface area contributed by atoms with Crippen molar-refractivity contribution in [2.45, 2.75) is 52.5 Å². The number of rotatable bonds is 8. The standard InChI is InChI=1S/C25H39N7/c1-16(2)32-13-19-9-22(10-20(19)14-32)31-25(17(3)12-27-5)30-15-29-21-7-8-23(18(4)28-6)24(26)11-21/h11-12,19-20,22,26,28-29H,1,5,7-10,13-15H2,2-4,6H3,(H,30,31)/b17-12-,23-18-,26-24?. The molecule has 0 aromatic carbocycles. The summed E-state index contributed by atoms with van der Waals surface area (Å²) in [7, 11) is 1.90. The van der Waals surface area contributed by atoms with Crippen LogP contribution in [0.15, 0.2) is 57.1 Å². The van der Waals surface area contributed by atoms with Gasteiger partial charge in [0.25, 0.3) is 0 Å². The van der Waals surface area contributed by atoms with E-state index in [0.29, 0.717) is 18.4 Å². The number of likely N-dealkylation sites (tertiary alicyclic amines) is 1. The van der Waals surface area contributed by atoms with E-state index in [1.165, 1.54) is 5.70 Å². The molecule has 2 atom stereocenters. The van der Waals surface area contributed by atoms with Crippen LogP contribution in [0, 0.1) is 17.2 Å². The summed E-state index contributed by atoms with van der Waals surface area (Å²) in [6, 6.07) is 0.434. The maximum absolute atomic E-state index is 8.30. The van der Waals surface area contributed by atoms with Gasteiger partial charge < -0.3 is 26.3 Å². The van der Waals surface area contributed by atoms with Crippen molar-refractivity contribution in [2.75, 3.05) is 26.8 Å². The van der Waals surface area contributed by atoms with Crippen molar-refractivity contribution in [3.8, 4) is 0 Å². The van der Waals surface area contributed by atoms with Gasteiger partial charge in [-0.25, -0.2) is 4.99 Å². The van der Waals surface area contributed by atoms with E-state index in [4.69, 9.17) is 10.4 Å². The van der Waals surface area contributed by atoms with E-state index >= 15 is 0 Å². The first-order valence-corrected chi connectivity index (χ1v) is 11.6. The van der Waals surface area contributed by atoms with Crippen LogP contribution in [-0.2, 0) is 0 Å². The first-order valence-electron chi connectivity index (χ1n) is 11.6. The molecule has 0 amide bonds. The Balaban J connectivity index is 1.60. The van der Waals surface area contributed by atoms with Gasteiger partial charge in [0.2, 0.25) is 0 Å². The summed E-state index contributed by atoms with van der Waals surface area (Å²) in [5, 5.41) is 18.5. The summed E-state index contributed by atoms with van der Waals surface area (Å²) >= 11 is 0. The second kappa shape index (κ2) is 10.7. The zero-order valence-corrected chi connectivity index (χ0v) is 20.1. The highest BCUT2D eigenvalue weighted by atomic mass is 15.2. The molecular weight excluding hydrogens is 398 g/mol. The molecule has 1 heterocycles. The normalized spacial score (nSPS) is 27.6. The van der Waals surface area contributed by atoms with Crippen molar-refractivity contribution in [1.29, 1.82) is 5.41 Å². The van der Waals surface area contributed by atoms with Crippen molar-refractivity contribution in [1.82, 2.24) is 20.9 Å². The number of allylic oxidation sites excluding steroid dienone is 5. The highest BCUT2D eigenvalue weighted by Crippen LogP contribution is 2.39. The molecule has 0 bridgehead atoms. The molecule has 3 rings (SSSR count). The average molecular weight is 438 g/mol. The van der Waals surface area contributed by atoms with E-state index in [0.717, 1.165) is 79.0 Å². The van der Waals surface area contributed by atoms with Crippen LogP contribution >= 0.6 is 0 Å². The van der Waals surface area contributed by atoms with Crippen LogP contribution in [0.1, 0.15) is 46.5 Å². The molecule has 1 aliphatic heterocycles. The Morgan fingerprint density at radius 3 is 2.47 bits per heavy atom. The van der Waals surface area contributed by atoms with E-state index in [9.17, 15) is 0 Å². The molecule has 7 nitrogen and oxygen atoms in total. The number of fused-ring (bicyclic) bond motifs is 1. The predicted molar refractivity (Wildman–Crippen MR) is 135 cm³/mol. The second-order valence-electron chi connectivity index (χ2n) is 9.25. The third-order valence-corrected chi connectivity index (χ3v) is 6.95. The third-order valence-electron chi connectivity index (χ3n) is 6.95. The lowest BCUT2D eigenvalue weighted by molar-refractivity contribution is 0.377. The van der Waals surface area contributed by atoms with Crippen molar-refractivity contribution in [3.05, 3.63) is 47.1 Å². The number of nitrogens with zero attached hydrogens (tertiary/aromatic N) is 3. The van der Waals surface area contributed by atoms with Gasteiger partial charge in [-0.05, 0) is 76.7 Å². The number of hydrogen-bond donors (Lipinski definition) is 4. The largest absolute Gasteiger partial charge is 0.391 e. The number of aliphatic imine (C=N–C) groups is 2. The molecule has 7 heteroatoms. The van der Waals surface area contributed by atoms with Gasteiger partial charge >= 0.3 is 0 Å². The number of hydrogen-bond acceptors (Lipinski definition) is 6. The molecule has 32 heavy (non-hydrogen) atoms. The summed E-state index contributed by atoms with van der Waals surface area (Å²) < 4.78 is 0. The average Bonchev–Trinajstić information content (AvgIpc) is 3.31. The van der Waals surface area contributed by atoms with Crippen LogP contribution in [0.5, 0.6) is 0 Å². The zero-order valence-electron chi connectivity index (χ0n) is 20.1. The lowest BCUT2D eigenvalue weighted by Crippen LogP contribution is -2.36. The Hall–Kier alpha value is -2.83. The smallest absolute Gasteiger partial charge is 0.127 e. The molecule has 0 aromatic heterocycles. The van der Waals surface area contributed by atoms with E-state index in [1.54, 1.807) is 6.20 Å². The highest BCUT2D eigenvalue weighted by molar-refractivity contribution is 6.07. The van der Waals surface area contributed by atoms with Crippen molar-refractivity contribution >= 4 is 18.3 Å². The van der Waals surface area contributed by atoms with Gasteiger partial charge in [0.1, 0.15) is 12.5 Å². The van der Waals surface area contributed by atoms with Gasteiger partial charge in [-0.15, -0.1) is 0 Å². The monoisotopic (exact) mass is 437 g/mol. The minimum atomic E-state index is 0.434. The van der Waals surface area contributed by atoms with E-state index in [-0.39, 0.29) is 0 Å². The Bertz CT molecular complexity index is 863. The maximum Gasteiger partial charge on any atom is 0.127 e. The minimum absolute atomic E-state index is 0.434. The minimum Gasteiger partial charge on any atom is -0.391 e. The zero-order chi connectivity index (χ0) is 23.3. The fourth-order valence-corrected chi connectivity index (χ4v) is 5.03. The van der Waals surface area contributed by atoms with E-state index < -0.39 is 0 Å². The fraction of sp³-hybridized carbons (Fsp3) is 0.560. The maximum atomic E-state index is 8.30. The molecule has 0 radical (unpaired) electrons. The second-order valence-corrected chi connectivity index (χ2v) is 9.25. The third kappa shape index (κ3) is 5.69. The number of amidine groups is 1. The molecule has 2 aliphatic carbocycles. The van der Waals surface area contributed by atoms with Gasteiger partial charge in [0.15, 0.2) is 0 Å². The van der Waals surface area contributed by atoms with Crippen LogP contribution in [-0.4, -0.2) is 56.0 Å². The van der Waals surface area contributed by atoms with E-state index in [1.807, 2.05) is 27.0 Å². The summed E-state index contributed by atoms with van der Waals surface area (Å²) in [4.78, 5) is 11.2. The van der Waals surface area contributed by atoms with Gasteiger partial charge in [-0.1, -0.05) is 6.58 Å². The molecule has 2 unspecified atom stereocenters. The summed E-state index contributed by atoms with van der Waals surface area (Å²) in [6.07, 6.45) is 7.77. The van der Waals surface area contributed by atoms with Crippen molar-refractivity contribution < 1.29 is 0 Å². The van der Waals surface area contributed by atoms with Crippen molar-refractivity contribution in [2.24, 2.45) is 21.8 Å². The number of nitrogens with one attached hydrogen (secondary N) is 4. The van der Waals surface area contributed by atoms with Crippen LogP contribution in [0.4, 0.5) is 0 Å². The molecular formula is C25H39N7. The Kier molecular flexibility index (Phi) is 7.94. The molecule has 0 aromatic rings. The predicted octanol–water partition coefficient (Wildman–Crippen LogP) is 3.56. The fourth-order valence-electron chi connectivity index (χ4n) is 5.03. The Morgan fingerprint density at radius 2 is 1.91 bits per heavy atom. The van der Waals surface area contributed by atoms with Crippen LogP contribution < -0.4 is 16.0 Å². The first-order chi connectivity index (χ1) is 15.3. The topological polar surface area (TPSA) is 87.9 Å². The van der Waals surface area contributed by atoms with Gasteiger partial charge in [0, 0.05) is 55.0 Å². The lowest BCUT2D eigenvalue weighted by atomic mass is 9.95. The van der Waals surface area contributed by atoms with E-state index in [2.05, 4.69) is 46.1 Å². The first kappa shape index (κ1) is 23.8. The van der Waals surface area contributed by atoms with Crippen LogP contribution in [0.25, 0.3) is 0 Å². The summed E-state index contributed by atoms with van der Waals surface area (Å²) in [5.41, 5.74) is 5.95. The van der Waals surface area contributed by atoms with Gasteiger partial charge in [-0.3, -0.25) is 4.99 Å². The SMILES string of the molecule is C=N/C=C(C)\C(=N/CNC1=CC(=N)/C(=C(/C)NC)CC1)NC1CC2CN(C(=C)C)CC2C1. The summed E-state index contributed by atoms with van der Waals surface area (Å²) in [5.74, 6) is 2.34. The lowest BCUT2D eigenvalue weighted by Gasteiger charge is -2.23. The molecule has 2 fully saturated rings. The van der Waals surface area contributed by atoms with Crippen LogP contribution in [0.2, 0.25) is 0 Å². The summed E-state index contributed by atoms with van der Waals surface area (Å²) in [6.45, 7) is 16.6. The molecule has 1 saturated heterocycles. The quantitative estimate of drug-likeness (QED) is 0.345.